The normalized spacial score (nSPS) is 12.3. The van der Waals surface area contributed by atoms with Crippen LogP contribution in [0.4, 0.5) is 10.1 Å². The maximum absolute atomic E-state index is 13.4. The summed E-state index contributed by atoms with van der Waals surface area (Å²) >= 11 is 0. The standard InChI is InChI=1S/C12H15FN2/c1-8(2)9(3)15-12-5-4-10(7-14)6-11(12)13/h4-6,8-9,15H,1-3H3. The van der Waals surface area contributed by atoms with Gasteiger partial charge in [-0.25, -0.2) is 4.39 Å². The van der Waals surface area contributed by atoms with Crippen molar-refractivity contribution in [2.75, 3.05) is 5.32 Å². The summed E-state index contributed by atoms with van der Waals surface area (Å²) in [5.41, 5.74) is 0.797. The van der Waals surface area contributed by atoms with Gasteiger partial charge in [0.2, 0.25) is 0 Å². The van der Waals surface area contributed by atoms with Crippen molar-refractivity contribution in [1.29, 1.82) is 5.26 Å². The topological polar surface area (TPSA) is 35.8 Å². The molecule has 0 aliphatic rings. The van der Waals surface area contributed by atoms with Crippen LogP contribution < -0.4 is 5.32 Å². The van der Waals surface area contributed by atoms with Crippen LogP contribution in [-0.2, 0) is 0 Å². The van der Waals surface area contributed by atoms with Crippen LogP contribution in [0.5, 0.6) is 0 Å². The molecule has 1 rings (SSSR count). The van der Waals surface area contributed by atoms with Crippen molar-refractivity contribution < 1.29 is 4.39 Å². The lowest BCUT2D eigenvalue weighted by molar-refractivity contribution is 0.552. The van der Waals surface area contributed by atoms with Crippen LogP contribution in [0.25, 0.3) is 0 Å². The van der Waals surface area contributed by atoms with Crippen molar-refractivity contribution in [3.05, 3.63) is 29.6 Å². The molecule has 0 heterocycles. The molecule has 80 valence electrons. The van der Waals surface area contributed by atoms with Crippen LogP contribution in [0, 0.1) is 23.1 Å². The minimum Gasteiger partial charge on any atom is -0.380 e. The number of nitriles is 1. The molecule has 0 amide bonds. The van der Waals surface area contributed by atoms with Crippen molar-refractivity contribution in [3.63, 3.8) is 0 Å². The highest BCUT2D eigenvalue weighted by Crippen LogP contribution is 2.18. The number of benzene rings is 1. The Bertz CT molecular complexity index is 380. The molecule has 15 heavy (non-hydrogen) atoms. The molecule has 1 aromatic carbocycles. The highest BCUT2D eigenvalue weighted by Gasteiger charge is 2.09. The van der Waals surface area contributed by atoms with Gasteiger partial charge in [-0.15, -0.1) is 0 Å². The van der Waals surface area contributed by atoms with Crippen molar-refractivity contribution in [1.82, 2.24) is 0 Å². The molecule has 1 atom stereocenters. The lowest BCUT2D eigenvalue weighted by Crippen LogP contribution is -2.22. The van der Waals surface area contributed by atoms with Crippen LogP contribution in [0.3, 0.4) is 0 Å². The number of halogens is 1. The summed E-state index contributed by atoms with van der Waals surface area (Å²) in [5, 5.41) is 11.7. The van der Waals surface area contributed by atoms with E-state index in [1.807, 2.05) is 13.0 Å². The van der Waals surface area contributed by atoms with E-state index in [9.17, 15) is 4.39 Å². The molecule has 0 radical (unpaired) electrons. The van der Waals surface area contributed by atoms with Gasteiger partial charge in [-0.05, 0) is 31.0 Å². The number of rotatable bonds is 3. The molecule has 2 nitrogen and oxygen atoms in total. The van der Waals surface area contributed by atoms with Crippen LogP contribution >= 0.6 is 0 Å². The lowest BCUT2D eigenvalue weighted by Gasteiger charge is -2.19. The minimum atomic E-state index is -0.374. The molecule has 0 aliphatic carbocycles. The predicted octanol–water partition coefficient (Wildman–Crippen LogP) is 3.15. The highest BCUT2D eigenvalue weighted by atomic mass is 19.1. The van der Waals surface area contributed by atoms with E-state index in [0.717, 1.165) is 0 Å². The van der Waals surface area contributed by atoms with Gasteiger partial charge in [-0.1, -0.05) is 13.8 Å². The summed E-state index contributed by atoms with van der Waals surface area (Å²) in [4.78, 5) is 0. The third-order valence-electron chi connectivity index (χ3n) is 2.48. The van der Waals surface area contributed by atoms with Gasteiger partial charge in [0.1, 0.15) is 5.82 Å². The number of nitrogens with one attached hydrogen (secondary N) is 1. The van der Waals surface area contributed by atoms with Gasteiger partial charge in [-0.3, -0.25) is 0 Å². The average molecular weight is 206 g/mol. The van der Waals surface area contributed by atoms with E-state index in [1.165, 1.54) is 6.07 Å². The fourth-order valence-electron chi connectivity index (χ4n) is 1.11. The van der Waals surface area contributed by atoms with Crippen LogP contribution in [0.2, 0.25) is 0 Å². The van der Waals surface area contributed by atoms with E-state index >= 15 is 0 Å². The summed E-state index contributed by atoms with van der Waals surface area (Å²) in [7, 11) is 0. The van der Waals surface area contributed by atoms with E-state index in [0.29, 0.717) is 17.2 Å². The van der Waals surface area contributed by atoms with E-state index in [1.54, 1.807) is 12.1 Å². The Balaban J connectivity index is 2.84. The first-order chi connectivity index (χ1) is 7.04. The molecule has 0 spiro atoms. The second-order valence-corrected chi connectivity index (χ2v) is 3.98. The fraction of sp³-hybridized carbons (Fsp3) is 0.417. The van der Waals surface area contributed by atoms with Gasteiger partial charge in [0.15, 0.2) is 0 Å². The van der Waals surface area contributed by atoms with Gasteiger partial charge in [0.25, 0.3) is 0 Å². The van der Waals surface area contributed by atoms with Gasteiger partial charge in [-0.2, -0.15) is 5.26 Å². The molecule has 0 aliphatic heterocycles. The first kappa shape index (κ1) is 11.5. The minimum absolute atomic E-state index is 0.201. The second kappa shape index (κ2) is 4.79. The zero-order valence-electron chi connectivity index (χ0n) is 9.21. The van der Waals surface area contributed by atoms with E-state index in [2.05, 4.69) is 19.2 Å². The molecular weight excluding hydrogens is 191 g/mol. The molecule has 0 saturated carbocycles. The van der Waals surface area contributed by atoms with E-state index < -0.39 is 0 Å². The monoisotopic (exact) mass is 206 g/mol. The summed E-state index contributed by atoms with van der Waals surface area (Å²) in [5.74, 6) is 0.0570. The molecular formula is C12H15FN2. The van der Waals surface area contributed by atoms with E-state index in [-0.39, 0.29) is 11.9 Å². The second-order valence-electron chi connectivity index (χ2n) is 3.98. The third-order valence-corrected chi connectivity index (χ3v) is 2.48. The van der Waals surface area contributed by atoms with Crippen molar-refractivity contribution in [3.8, 4) is 6.07 Å². The summed E-state index contributed by atoms with van der Waals surface area (Å²) in [6.07, 6.45) is 0. The molecule has 1 unspecified atom stereocenters. The molecule has 1 N–H and O–H groups in total. The number of hydrogen-bond donors (Lipinski definition) is 1. The lowest BCUT2D eigenvalue weighted by atomic mass is 10.1. The summed E-state index contributed by atoms with van der Waals surface area (Å²) in [6, 6.07) is 6.56. The molecule has 0 bridgehead atoms. The van der Waals surface area contributed by atoms with Crippen LogP contribution in [-0.4, -0.2) is 6.04 Å². The Morgan fingerprint density at radius 1 is 1.33 bits per heavy atom. The van der Waals surface area contributed by atoms with Crippen LogP contribution in [0.15, 0.2) is 18.2 Å². The molecule has 0 fully saturated rings. The predicted molar refractivity (Wildman–Crippen MR) is 59.0 cm³/mol. The Morgan fingerprint density at radius 3 is 2.47 bits per heavy atom. The maximum atomic E-state index is 13.4. The molecule has 0 saturated heterocycles. The zero-order valence-corrected chi connectivity index (χ0v) is 9.21. The zero-order chi connectivity index (χ0) is 11.4. The largest absolute Gasteiger partial charge is 0.380 e. The van der Waals surface area contributed by atoms with Gasteiger partial charge >= 0.3 is 0 Å². The Hall–Kier alpha value is -1.56. The van der Waals surface area contributed by atoms with E-state index in [4.69, 9.17) is 5.26 Å². The Kier molecular flexibility index (Phi) is 3.68. The first-order valence-electron chi connectivity index (χ1n) is 5.00. The average Bonchev–Trinajstić information content (AvgIpc) is 2.20. The molecule has 0 aromatic heterocycles. The summed E-state index contributed by atoms with van der Waals surface area (Å²) in [6.45, 7) is 6.14. The van der Waals surface area contributed by atoms with Crippen molar-refractivity contribution >= 4 is 5.69 Å². The first-order valence-corrected chi connectivity index (χ1v) is 5.00. The Morgan fingerprint density at radius 2 is 2.00 bits per heavy atom. The third kappa shape index (κ3) is 2.95. The SMILES string of the molecule is CC(C)C(C)Nc1ccc(C#N)cc1F. The molecule has 1 aromatic rings. The molecule has 3 heteroatoms. The number of nitrogens with zero attached hydrogens (tertiary/aromatic N) is 1. The van der Waals surface area contributed by atoms with Gasteiger partial charge < -0.3 is 5.32 Å². The number of hydrogen-bond acceptors (Lipinski definition) is 2. The summed E-state index contributed by atoms with van der Waals surface area (Å²) < 4.78 is 13.4. The smallest absolute Gasteiger partial charge is 0.147 e. The van der Waals surface area contributed by atoms with Crippen molar-refractivity contribution in [2.24, 2.45) is 5.92 Å². The van der Waals surface area contributed by atoms with Gasteiger partial charge in [0.05, 0.1) is 17.3 Å². The fourth-order valence-corrected chi connectivity index (χ4v) is 1.11. The Labute approximate surface area is 89.7 Å². The van der Waals surface area contributed by atoms with Crippen LogP contribution in [0.1, 0.15) is 26.3 Å². The maximum Gasteiger partial charge on any atom is 0.147 e. The highest BCUT2D eigenvalue weighted by molar-refractivity contribution is 5.49. The van der Waals surface area contributed by atoms with Crippen molar-refractivity contribution in [2.45, 2.75) is 26.8 Å². The van der Waals surface area contributed by atoms with Gasteiger partial charge in [0, 0.05) is 6.04 Å². The number of anilines is 1. The quantitative estimate of drug-likeness (QED) is 0.824.